The van der Waals surface area contributed by atoms with Crippen LogP contribution in [0.5, 0.6) is 0 Å². The van der Waals surface area contributed by atoms with Gasteiger partial charge in [-0.2, -0.15) is 0 Å². The van der Waals surface area contributed by atoms with Crippen LogP contribution in [0.2, 0.25) is 0 Å². The number of imide groups is 1. The summed E-state index contributed by atoms with van der Waals surface area (Å²) in [6.07, 6.45) is 12.2. The first-order valence-corrected chi connectivity index (χ1v) is 13.6. The highest BCUT2D eigenvalue weighted by molar-refractivity contribution is 6.03. The van der Waals surface area contributed by atoms with E-state index in [9.17, 15) is 14.4 Å². The summed E-state index contributed by atoms with van der Waals surface area (Å²) >= 11 is 0. The van der Waals surface area contributed by atoms with Gasteiger partial charge in [-0.25, -0.2) is 0 Å². The van der Waals surface area contributed by atoms with E-state index in [-0.39, 0.29) is 47.1 Å². The van der Waals surface area contributed by atoms with Gasteiger partial charge in [-0.3, -0.25) is 19.3 Å². The second-order valence-electron chi connectivity index (χ2n) is 11.7. The molecule has 1 aromatic rings. The topological polar surface area (TPSA) is 66.5 Å². The third-order valence-electron chi connectivity index (χ3n) is 8.27. The molecule has 1 saturated heterocycles. The van der Waals surface area contributed by atoms with E-state index in [2.05, 4.69) is 26.1 Å². The maximum Gasteiger partial charge on any atom is 0.251 e. The lowest BCUT2D eigenvalue weighted by atomic mass is 9.76. The van der Waals surface area contributed by atoms with Gasteiger partial charge in [0.15, 0.2) is 0 Å². The Morgan fingerprint density at radius 2 is 1.41 bits per heavy atom. The zero-order valence-electron chi connectivity index (χ0n) is 21.3. The number of amides is 3. The Bertz CT molecular complexity index is 886. The smallest absolute Gasteiger partial charge is 0.251 e. The van der Waals surface area contributed by atoms with Crippen molar-refractivity contribution < 1.29 is 14.4 Å². The van der Waals surface area contributed by atoms with Crippen LogP contribution in [0.1, 0.15) is 114 Å². The summed E-state index contributed by atoms with van der Waals surface area (Å²) in [6, 6.07) is 7.66. The minimum atomic E-state index is -0.312. The van der Waals surface area contributed by atoms with E-state index in [0.29, 0.717) is 5.56 Å². The molecule has 1 aromatic carbocycles. The zero-order valence-corrected chi connectivity index (χ0v) is 21.3. The minimum absolute atomic E-state index is 0.0294. The van der Waals surface area contributed by atoms with Crippen molar-refractivity contribution in [1.82, 2.24) is 10.2 Å². The van der Waals surface area contributed by atoms with Gasteiger partial charge in [0.05, 0.1) is 17.9 Å². The highest BCUT2D eigenvalue weighted by Crippen LogP contribution is 2.39. The summed E-state index contributed by atoms with van der Waals surface area (Å²) in [4.78, 5) is 41.5. The van der Waals surface area contributed by atoms with E-state index in [1.807, 2.05) is 24.3 Å². The Hall–Kier alpha value is -2.17. The average molecular weight is 467 g/mol. The maximum atomic E-state index is 13.7. The van der Waals surface area contributed by atoms with Crippen LogP contribution in [-0.4, -0.2) is 34.7 Å². The van der Waals surface area contributed by atoms with E-state index in [0.717, 1.165) is 64.2 Å². The van der Waals surface area contributed by atoms with Crippen LogP contribution in [0.4, 0.5) is 0 Å². The van der Waals surface area contributed by atoms with Crippen molar-refractivity contribution in [3.05, 3.63) is 35.4 Å². The van der Waals surface area contributed by atoms with Crippen molar-refractivity contribution in [1.29, 1.82) is 0 Å². The average Bonchev–Trinajstić information content (AvgIpc) is 2.76. The molecule has 0 radical (unpaired) electrons. The molecule has 0 bridgehead atoms. The molecule has 5 heteroatoms. The zero-order chi connectivity index (χ0) is 24.3. The number of nitrogens with one attached hydrogen (secondary N) is 1. The van der Waals surface area contributed by atoms with Crippen LogP contribution in [0.25, 0.3) is 0 Å². The van der Waals surface area contributed by atoms with Gasteiger partial charge >= 0.3 is 0 Å². The van der Waals surface area contributed by atoms with Crippen LogP contribution in [0.3, 0.4) is 0 Å². The maximum absolute atomic E-state index is 13.7. The van der Waals surface area contributed by atoms with Crippen LogP contribution >= 0.6 is 0 Å². The molecule has 4 rings (SSSR count). The van der Waals surface area contributed by atoms with Crippen molar-refractivity contribution in [2.24, 2.45) is 11.8 Å². The predicted molar refractivity (Wildman–Crippen MR) is 134 cm³/mol. The summed E-state index contributed by atoms with van der Waals surface area (Å²) in [5, 5.41) is 3.21. The molecule has 3 aliphatic rings. The summed E-state index contributed by atoms with van der Waals surface area (Å²) in [5.41, 5.74) is 1.85. The van der Waals surface area contributed by atoms with Crippen molar-refractivity contribution in [3.63, 3.8) is 0 Å². The van der Waals surface area contributed by atoms with Crippen LogP contribution < -0.4 is 5.32 Å². The summed E-state index contributed by atoms with van der Waals surface area (Å²) in [5.74, 6) is -0.410. The van der Waals surface area contributed by atoms with E-state index in [1.54, 1.807) is 4.90 Å². The lowest BCUT2D eigenvalue weighted by molar-refractivity contribution is -0.170. The van der Waals surface area contributed by atoms with Gasteiger partial charge in [0.1, 0.15) is 0 Å². The molecule has 5 nitrogen and oxygen atoms in total. The monoisotopic (exact) mass is 466 g/mol. The Balaban J connectivity index is 1.49. The number of carbonyl (C=O) groups excluding carboxylic acids is 3. The molecule has 186 valence electrons. The van der Waals surface area contributed by atoms with Crippen LogP contribution in [-0.2, 0) is 15.0 Å². The summed E-state index contributed by atoms with van der Waals surface area (Å²) in [7, 11) is 0. The second kappa shape index (κ2) is 10.6. The van der Waals surface area contributed by atoms with E-state index in [4.69, 9.17) is 0 Å². The Morgan fingerprint density at radius 3 is 2.06 bits per heavy atom. The fourth-order valence-electron chi connectivity index (χ4n) is 6.10. The molecule has 34 heavy (non-hydrogen) atoms. The number of nitrogens with zero attached hydrogens (tertiary/aromatic N) is 1. The molecule has 4 atom stereocenters. The van der Waals surface area contributed by atoms with Crippen molar-refractivity contribution in [2.45, 2.75) is 115 Å². The van der Waals surface area contributed by atoms with Crippen molar-refractivity contribution >= 4 is 17.7 Å². The molecule has 3 fully saturated rings. The quantitative estimate of drug-likeness (QED) is 0.455. The lowest BCUT2D eigenvalue weighted by Gasteiger charge is -2.48. The highest BCUT2D eigenvalue weighted by atomic mass is 16.2. The van der Waals surface area contributed by atoms with E-state index in [1.165, 1.54) is 18.4 Å². The molecule has 1 aliphatic heterocycles. The molecule has 0 aromatic heterocycles. The summed E-state index contributed by atoms with van der Waals surface area (Å²) < 4.78 is 0. The van der Waals surface area contributed by atoms with Gasteiger partial charge in [-0.1, -0.05) is 84.3 Å². The molecule has 2 aliphatic carbocycles. The normalized spacial score (nSPS) is 28.4. The second-order valence-corrected chi connectivity index (χ2v) is 11.7. The largest absolute Gasteiger partial charge is 0.349 e. The SMILES string of the molecule is CC(C)(C)c1ccc(C(=O)N[C@H]2CCCCCC[C@H]2C(=O)N2C(=O)[C@@H]3CCCCCC[C@@H]32)cc1. The number of carbonyl (C=O) groups is 3. The first-order chi connectivity index (χ1) is 16.3. The van der Waals surface area contributed by atoms with Gasteiger partial charge in [0.25, 0.3) is 5.91 Å². The number of benzene rings is 1. The molecule has 3 amide bonds. The number of likely N-dealkylation sites (tertiary alicyclic amines) is 1. The van der Waals surface area contributed by atoms with Crippen LogP contribution in [0, 0.1) is 11.8 Å². The summed E-state index contributed by atoms with van der Waals surface area (Å²) in [6.45, 7) is 6.47. The standard InChI is InChI=1S/C29H42N2O3/c1-29(2,3)21-18-16-20(17-19-21)26(32)30-24-14-10-6-4-8-12-22(24)27(33)31-25-15-11-7-5-9-13-23(25)28(31)34/h16-19,22-25H,4-15H2,1-3H3,(H,30,32)/t22-,23-,24+,25+/m1/s1. The third kappa shape index (κ3) is 5.39. The van der Waals surface area contributed by atoms with Crippen molar-refractivity contribution in [2.75, 3.05) is 0 Å². The predicted octanol–water partition coefficient (Wildman–Crippen LogP) is 5.76. The number of hydrogen-bond donors (Lipinski definition) is 1. The first-order valence-electron chi connectivity index (χ1n) is 13.6. The molecule has 0 unspecified atom stereocenters. The highest BCUT2D eigenvalue weighted by Gasteiger charge is 2.51. The Morgan fingerprint density at radius 1 is 0.824 bits per heavy atom. The molecule has 1 N–H and O–H groups in total. The van der Waals surface area contributed by atoms with Crippen LogP contribution in [0.15, 0.2) is 24.3 Å². The van der Waals surface area contributed by atoms with Crippen molar-refractivity contribution in [3.8, 4) is 0 Å². The molecular weight excluding hydrogens is 424 g/mol. The van der Waals surface area contributed by atoms with E-state index >= 15 is 0 Å². The number of β-lactam (4-membered cyclic amide) rings is 1. The Kier molecular flexibility index (Phi) is 7.79. The number of fused-ring (bicyclic) bond motifs is 1. The number of rotatable bonds is 3. The molecular formula is C29H42N2O3. The number of hydrogen-bond acceptors (Lipinski definition) is 3. The first kappa shape index (κ1) is 24.9. The van der Waals surface area contributed by atoms with Gasteiger partial charge in [0.2, 0.25) is 11.8 Å². The molecule has 0 spiro atoms. The Labute approximate surface area is 205 Å². The van der Waals surface area contributed by atoms with E-state index < -0.39 is 0 Å². The fourth-order valence-corrected chi connectivity index (χ4v) is 6.10. The fraction of sp³-hybridized carbons (Fsp3) is 0.690. The van der Waals surface area contributed by atoms with Gasteiger partial charge in [0, 0.05) is 11.6 Å². The van der Waals surface area contributed by atoms with Gasteiger partial charge < -0.3 is 5.32 Å². The van der Waals surface area contributed by atoms with Gasteiger partial charge in [-0.05, 0) is 48.8 Å². The minimum Gasteiger partial charge on any atom is -0.349 e. The lowest BCUT2D eigenvalue weighted by Crippen LogP contribution is -2.65. The molecule has 1 heterocycles. The molecule has 2 saturated carbocycles. The van der Waals surface area contributed by atoms with Gasteiger partial charge in [-0.15, -0.1) is 0 Å². The third-order valence-corrected chi connectivity index (χ3v) is 8.27.